The predicted molar refractivity (Wildman–Crippen MR) is 197 cm³/mol. The monoisotopic (exact) mass is 742 g/mol. The molecular weight excluding hydrogens is 676 g/mol. The summed E-state index contributed by atoms with van der Waals surface area (Å²) in [7, 11) is 1.79. The number of carbonyl (C=O) groups is 6. The number of likely N-dealkylation sites (tertiary alicyclic amines) is 1. The minimum Gasteiger partial charge on any atom is -0.480 e. The fourth-order valence-electron chi connectivity index (χ4n) is 6.29. The first kappa shape index (κ1) is 47.0. The number of aliphatic carboxylic acids is 3. The van der Waals surface area contributed by atoms with E-state index >= 15 is 0 Å². The molecule has 2 saturated heterocycles. The Bertz CT molecular complexity index is 1060. The number of piperidine rings is 1. The molecule has 0 saturated carbocycles. The fourth-order valence-corrected chi connectivity index (χ4v) is 6.29. The molecule has 1 amide bonds. The van der Waals surface area contributed by atoms with Crippen LogP contribution in [0.5, 0.6) is 0 Å². The molecule has 17 heteroatoms. The van der Waals surface area contributed by atoms with E-state index in [1.54, 1.807) is 21.7 Å². The molecule has 0 aromatic carbocycles. The van der Waals surface area contributed by atoms with Crippen LogP contribution in [0.2, 0.25) is 0 Å². The van der Waals surface area contributed by atoms with E-state index in [0.29, 0.717) is 89.7 Å². The van der Waals surface area contributed by atoms with E-state index < -0.39 is 17.9 Å². The molecule has 0 radical (unpaired) electrons. The van der Waals surface area contributed by atoms with Crippen molar-refractivity contribution in [2.75, 3.05) is 118 Å². The van der Waals surface area contributed by atoms with E-state index in [9.17, 15) is 39.0 Å². The highest BCUT2D eigenvalue weighted by Crippen LogP contribution is 2.23. The second kappa shape index (κ2) is 26.7. The van der Waals surface area contributed by atoms with Crippen molar-refractivity contribution in [3.8, 4) is 0 Å². The first-order valence-corrected chi connectivity index (χ1v) is 18.5. The SMILES string of the molecule is CC(C)NC(CC1CCN(CC=O)CC1)C(=O)C(C)C.CNCCNC(=O)CN1CCN(CC(=O)O)CCN(CC(=O)O)CCN(CC(=O)O)CC1. The van der Waals surface area contributed by atoms with Gasteiger partial charge in [-0.1, -0.05) is 27.7 Å². The van der Waals surface area contributed by atoms with Gasteiger partial charge in [0.2, 0.25) is 5.91 Å². The number of aldehydes is 1. The number of rotatable bonds is 19. The number of nitrogens with zero attached hydrogens (tertiary/aromatic N) is 5. The third kappa shape index (κ3) is 22.1. The third-order valence-corrected chi connectivity index (χ3v) is 9.13. The van der Waals surface area contributed by atoms with Gasteiger partial charge in [0.25, 0.3) is 0 Å². The van der Waals surface area contributed by atoms with E-state index in [1.165, 1.54) is 0 Å². The molecule has 2 aliphatic rings. The molecule has 2 aliphatic heterocycles. The second-order valence-corrected chi connectivity index (χ2v) is 14.3. The molecule has 2 fully saturated rings. The second-order valence-electron chi connectivity index (χ2n) is 14.3. The average Bonchev–Trinajstić information content (AvgIpc) is 3.05. The van der Waals surface area contributed by atoms with Crippen molar-refractivity contribution in [3.05, 3.63) is 0 Å². The maximum atomic E-state index is 12.3. The number of carboxylic acids is 3. The first-order chi connectivity index (χ1) is 24.6. The number of hydrogen-bond acceptors (Lipinski definition) is 13. The smallest absolute Gasteiger partial charge is 0.317 e. The lowest BCUT2D eigenvalue weighted by Crippen LogP contribution is -2.50. The largest absolute Gasteiger partial charge is 0.480 e. The van der Waals surface area contributed by atoms with Crippen molar-refractivity contribution in [1.29, 1.82) is 0 Å². The summed E-state index contributed by atoms with van der Waals surface area (Å²) in [5.41, 5.74) is 0. The van der Waals surface area contributed by atoms with Gasteiger partial charge in [-0.15, -0.1) is 0 Å². The van der Waals surface area contributed by atoms with E-state index in [-0.39, 0.29) is 44.0 Å². The number of carbonyl (C=O) groups excluding carboxylic acids is 3. The van der Waals surface area contributed by atoms with Crippen LogP contribution in [0.3, 0.4) is 0 Å². The Morgan fingerprint density at radius 2 is 1.08 bits per heavy atom. The number of hydrogen-bond donors (Lipinski definition) is 6. The molecule has 300 valence electrons. The van der Waals surface area contributed by atoms with E-state index in [1.807, 2.05) is 18.7 Å². The Hall–Kier alpha value is -3.06. The summed E-state index contributed by atoms with van der Waals surface area (Å²) in [4.78, 5) is 78.0. The van der Waals surface area contributed by atoms with E-state index in [2.05, 4.69) is 34.7 Å². The van der Waals surface area contributed by atoms with Crippen molar-refractivity contribution in [1.82, 2.24) is 40.4 Å². The van der Waals surface area contributed by atoms with Crippen LogP contribution in [-0.4, -0.2) is 206 Å². The van der Waals surface area contributed by atoms with E-state index in [0.717, 1.165) is 38.6 Å². The van der Waals surface area contributed by atoms with Crippen molar-refractivity contribution >= 4 is 35.9 Å². The molecular formula is C35H66N8O9. The molecule has 1 unspecified atom stereocenters. The predicted octanol–water partition coefficient (Wildman–Crippen LogP) is -1.32. The normalized spacial score (nSPS) is 18.8. The summed E-state index contributed by atoms with van der Waals surface area (Å²) in [5.74, 6) is -2.11. The van der Waals surface area contributed by atoms with Crippen molar-refractivity contribution in [2.45, 2.75) is 59.0 Å². The van der Waals surface area contributed by atoms with E-state index in [4.69, 9.17) is 5.11 Å². The number of Topliss-reactive ketones (excluding diaryl/α,β-unsaturated/α-hetero) is 1. The van der Waals surface area contributed by atoms with Crippen LogP contribution < -0.4 is 16.0 Å². The maximum Gasteiger partial charge on any atom is 0.317 e. The number of likely N-dealkylation sites (N-methyl/N-ethyl adjacent to an activating group) is 1. The van der Waals surface area contributed by atoms with Gasteiger partial charge in [-0.3, -0.25) is 48.5 Å². The first-order valence-electron chi connectivity index (χ1n) is 18.5. The fraction of sp³-hybridized carbons (Fsp3) is 0.829. The zero-order valence-corrected chi connectivity index (χ0v) is 32.1. The highest BCUT2D eigenvalue weighted by atomic mass is 16.4. The molecule has 0 aliphatic carbocycles. The van der Waals surface area contributed by atoms with Gasteiger partial charge in [-0.05, 0) is 45.3 Å². The van der Waals surface area contributed by atoms with Crippen LogP contribution in [0.15, 0.2) is 0 Å². The van der Waals surface area contributed by atoms with Crippen LogP contribution in [-0.2, 0) is 28.8 Å². The summed E-state index contributed by atoms with van der Waals surface area (Å²) in [6.45, 7) is 14.3. The number of ketones is 1. The Kier molecular flexibility index (Phi) is 24.1. The minimum absolute atomic E-state index is 0.0161. The van der Waals surface area contributed by atoms with Gasteiger partial charge >= 0.3 is 17.9 Å². The molecule has 52 heavy (non-hydrogen) atoms. The zero-order chi connectivity index (χ0) is 39.1. The van der Waals surface area contributed by atoms with Crippen LogP contribution in [0.1, 0.15) is 47.0 Å². The summed E-state index contributed by atoms with van der Waals surface area (Å²) in [6.07, 6.45) is 4.10. The number of carboxylic acid groups (broad SMARTS) is 3. The summed E-state index contributed by atoms with van der Waals surface area (Å²) >= 11 is 0. The molecule has 0 spiro atoms. The van der Waals surface area contributed by atoms with Crippen LogP contribution in [0.4, 0.5) is 0 Å². The standard InChI is InChI=1S/C19H36N6O7.C16H30N2O2/c1-20-2-3-21-16(26)12-22-4-6-23(13-17(27)28)8-10-25(15-19(31)32)11-9-24(7-5-22)14-18(29)30;1-12(2)16(20)15(17-13(3)4)11-14-5-7-18(8-6-14)9-10-19/h20H,2-15H2,1H3,(H,21,26)(H,27,28)(H,29,30)(H,31,32);10,12-15,17H,5-9,11H2,1-4H3. The zero-order valence-electron chi connectivity index (χ0n) is 32.1. The molecule has 0 bridgehead atoms. The quantitative estimate of drug-likeness (QED) is 0.0669. The highest BCUT2D eigenvalue weighted by Gasteiger charge is 2.28. The molecule has 2 heterocycles. The Morgan fingerprint density at radius 1 is 0.654 bits per heavy atom. The van der Waals surface area contributed by atoms with Crippen LogP contribution in [0, 0.1) is 11.8 Å². The molecule has 0 aromatic heterocycles. The lowest BCUT2D eigenvalue weighted by Gasteiger charge is -2.33. The Balaban J connectivity index is 0.000000578. The van der Waals surface area contributed by atoms with Gasteiger partial charge in [0.1, 0.15) is 6.29 Å². The summed E-state index contributed by atoms with van der Waals surface area (Å²) < 4.78 is 0. The number of amides is 1. The minimum atomic E-state index is -0.998. The van der Waals surface area contributed by atoms with Crippen molar-refractivity contribution < 1.29 is 44.1 Å². The van der Waals surface area contributed by atoms with Gasteiger partial charge in [0.15, 0.2) is 5.78 Å². The maximum absolute atomic E-state index is 12.3. The molecule has 6 N–H and O–H groups in total. The molecule has 2 rings (SSSR count). The molecule has 1 atom stereocenters. The molecule has 17 nitrogen and oxygen atoms in total. The number of nitrogens with one attached hydrogen (secondary N) is 3. The highest BCUT2D eigenvalue weighted by molar-refractivity contribution is 5.85. The summed E-state index contributed by atoms with van der Waals surface area (Å²) in [6, 6.07) is 0.315. The molecule has 0 aromatic rings. The Labute approximate surface area is 309 Å². The lowest BCUT2D eigenvalue weighted by atomic mass is 9.86. The van der Waals surface area contributed by atoms with Gasteiger partial charge < -0.3 is 36.1 Å². The Morgan fingerprint density at radius 3 is 1.42 bits per heavy atom. The lowest BCUT2D eigenvalue weighted by molar-refractivity contribution is -0.140. The average molecular weight is 743 g/mol. The third-order valence-electron chi connectivity index (χ3n) is 9.13. The van der Waals surface area contributed by atoms with Gasteiger partial charge in [-0.25, -0.2) is 0 Å². The van der Waals surface area contributed by atoms with Crippen molar-refractivity contribution in [3.63, 3.8) is 0 Å². The topological polar surface area (TPSA) is 215 Å². The van der Waals surface area contributed by atoms with Gasteiger partial charge in [-0.2, -0.15) is 0 Å². The van der Waals surface area contributed by atoms with Crippen LogP contribution >= 0.6 is 0 Å². The van der Waals surface area contributed by atoms with Gasteiger partial charge in [0.05, 0.1) is 38.8 Å². The summed E-state index contributed by atoms with van der Waals surface area (Å²) in [5, 5.41) is 36.8. The van der Waals surface area contributed by atoms with Gasteiger partial charge in [0, 0.05) is 77.4 Å². The van der Waals surface area contributed by atoms with Crippen LogP contribution in [0.25, 0.3) is 0 Å². The van der Waals surface area contributed by atoms with Crippen molar-refractivity contribution in [2.24, 2.45) is 11.8 Å².